The van der Waals surface area contributed by atoms with Gasteiger partial charge in [0.15, 0.2) is 0 Å². The first kappa shape index (κ1) is 17.5. The Balaban J connectivity index is 1.39. The number of hydrogen-bond donors (Lipinski definition) is 0. The van der Waals surface area contributed by atoms with Gasteiger partial charge in [0.2, 0.25) is 0 Å². The lowest BCUT2D eigenvalue weighted by atomic mass is 9.97. The molecule has 2 fully saturated rings. The van der Waals surface area contributed by atoms with E-state index in [0.29, 0.717) is 12.1 Å². The van der Waals surface area contributed by atoms with Gasteiger partial charge in [0.25, 0.3) is 5.91 Å². The average molecular weight is 352 g/mol. The Bertz CT molecular complexity index is 754. The van der Waals surface area contributed by atoms with Crippen LogP contribution < -0.4 is 0 Å². The topological polar surface area (TPSA) is 32.8 Å². The second-order valence-electron chi connectivity index (χ2n) is 7.52. The number of benzene rings is 2. The third kappa shape index (κ3) is 3.49. The zero-order valence-electron chi connectivity index (χ0n) is 15.6. The van der Waals surface area contributed by atoms with Crippen molar-refractivity contribution in [2.45, 2.75) is 37.8 Å². The summed E-state index contributed by atoms with van der Waals surface area (Å²) in [4.78, 5) is 17.7. The van der Waals surface area contributed by atoms with Gasteiger partial charge in [0.1, 0.15) is 0 Å². The highest BCUT2D eigenvalue weighted by molar-refractivity contribution is 6.07. The number of rotatable bonds is 3. The molecule has 0 unspecified atom stereocenters. The maximum absolute atomic E-state index is 13.1. The number of carbonyl (C=O) groups is 1. The fourth-order valence-electron chi connectivity index (χ4n) is 4.49. The highest BCUT2D eigenvalue weighted by Gasteiger charge is 2.30. The van der Waals surface area contributed by atoms with E-state index in [1.54, 1.807) is 0 Å². The third-order valence-electron chi connectivity index (χ3n) is 6.10. The molecule has 0 aliphatic carbocycles. The van der Waals surface area contributed by atoms with Crippen LogP contribution in [0.5, 0.6) is 0 Å². The van der Waals surface area contributed by atoms with E-state index in [4.69, 9.17) is 4.74 Å². The number of fused-ring (bicyclic) bond motifs is 1. The molecule has 4 nitrogen and oxygen atoms in total. The first-order valence-electron chi connectivity index (χ1n) is 9.80. The predicted molar refractivity (Wildman–Crippen MR) is 104 cm³/mol. The predicted octanol–water partition coefficient (Wildman–Crippen LogP) is 3.56. The Morgan fingerprint density at radius 3 is 2.35 bits per heavy atom. The summed E-state index contributed by atoms with van der Waals surface area (Å²) in [6.07, 6.45) is 4.85. The van der Waals surface area contributed by atoms with Crippen molar-refractivity contribution >= 4 is 16.7 Å². The zero-order valence-corrected chi connectivity index (χ0v) is 15.6. The summed E-state index contributed by atoms with van der Waals surface area (Å²) in [5, 5.41) is 2.19. The minimum atomic E-state index is 0.179. The molecule has 0 atom stereocenters. The lowest BCUT2D eigenvalue weighted by Crippen LogP contribution is -2.49. The van der Waals surface area contributed by atoms with Crippen LogP contribution in [0.3, 0.4) is 0 Å². The Labute approximate surface area is 155 Å². The maximum atomic E-state index is 13.1. The van der Waals surface area contributed by atoms with Crippen LogP contribution >= 0.6 is 0 Å². The average Bonchev–Trinajstić information content (AvgIpc) is 2.73. The second-order valence-corrected chi connectivity index (χ2v) is 7.52. The molecule has 0 spiro atoms. The zero-order chi connectivity index (χ0) is 17.9. The summed E-state index contributed by atoms with van der Waals surface area (Å²) in [5.41, 5.74) is 0.836. The molecule has 0 N–H and O–H groups in total. The largest absolute Gasteiger partial charge is 0.381 e. The minimum Gasteiger partial charge on any atom is -0.381 e. The van der Waals surface area contributed by atoms with Crippen LogP contribution in [0.1, 0.15) is 36.0 Å². The Hall–Kier alpha value is -1.91. The van der Waals surface area contributed by atoms with Crippen LogP contribution in [0.15, 0.2) is 42.5 Å². The van der Waals surface area contributed by atoms with Gasteiger partial charge in [-0.05, 0) is 42.5 Å². The van der Waals surface area contributed by atoms with Crippen LogP contribution in [-0.2, 0) is 4.74 Å². The Kier molecular flexibility index (Phi) is 5.23. The third-order valence-corrected chi connectivity index (χ3v) is 6.10. The quantitative estimate of drug-likeness (QED) is 0.847. The molecule has 2 aromatic rings. The van der Waals surface area contributed by atoms with Crippen molar-refractivity contribution in [2.75, 3.05) is 33.3 Å². The molecule has 2 aliphatic rings. The first-order valence-corrected chi connectivity index (χ1v) is 9.80. The SMILES string of the molecule is COC1CCN(C2CCN(C(=O)c3cccc4ccccc34)CC2)CC1. The van der Waals surface area contributed by atoms with Crippen LogP contribution in [0.25, 0.3) is 10.8 Å². The number of methoxy groups -OCH3 is 1. The molecular weight excluding hydrogens is 324 g/mol. The Morgan fingerprint density at radius 2 is 1.62 bits per heavy atom. The van der Waals surface area contributed by atoms with Crippen molar-refractivity contribution in [1.82, 2.24) is 9.80 Å². The number of carbonyl (C=O) groups excluding carboxylic acids is 1. The molecule has 2 heterocycles. The molecule has 0 radical (unpaired) electrons. The van der Waals surface area contributed by atoms with Gasteiger partial charge in [-0.2, -0.15) is 0 Å². The molecule has 0 bridgehead atoms. The van der Waals surface area contributed by atoms with Gasteiger partial charge in [-0.1, -0.05) is 36.4 Å². The van der Waals surface area contributed by atoms with Crippen LogP contribution in [0, 0.1) is 0 Å². The molecule has 4 heteroatoms. The van der Waals surface area contributed by atoms with Gasteiger partial charge < -0.3 is 14.5 Å². The lowest BCUT2D eigenvalue weighted by Gasteiger charge is -2.41. The van der Waals surface area contributed by atoms with E-state index in [-0.39, 0.29) is 5.91 Å². The van der Waals surface area contributed by atoms with Crippen molar-refractivity contribution in [3.63, 3.8) is 0 Å². The van der Waals surface area contributed by atoms with Gasteiger partial charge in [-0.25, -0.2) is 0 Å². The van der Waals surface area contributed by atoms with Crippen LogP contribution in [-0.4, -0.2) is 61.1 Å². The van der Waals surface area contributed by atoms with E-state index in [1.807, 2.05) is 36.3 Å². The summed E-state index contributed by atoms with van der Waals surface area (Å²) in [7, 11) is 1.82. The second kappa shape index (κ2) is 7.77. The number of likely N-dealkylation sites (tertiary alicyclic amines) is 2. The van der Waals surface area contributed by atoms with Gasteiger partial charge in [0.05, 0.1) is 6.10 Å². The van der Waals surface area contributed by atoms with Gasteiger partial charge in [0, 0.05) is 44.9 Å². The van der Waals surface area contributed by atoms with E-state index >= 15 is 0 Å². The fraction of sp³-hybridized carbons (Fsp3) is 0.500. The minimum absolute atomic E-state index is 0.179. The number of hydrogen-bond acceptors (Lipinski definition) is 3. The van der Waals surface area contributed by atoms with Crippen molar-refractivity contribution in [1.29, 1.82) is 0 Å². The molecule has 2 aliphatic heterocycles. The normalized spacial score (nSPS) is 20.6. The molecule has 138 valence electrons. The Morgan fingerprint density at radius 1 is 0.923 bits per heavy atom. The summed E-state index contributed by atoms with van der Waals surface area (Å²) in [5.74, 6) is 0.179. The molecular formula is C22H28N2O2. The highest BCUT2D eigenvalue weighted by atomic mass is 16.5. The highest BCUT2D eigenvalue weighted by Crippen LogP contribution is 2.25. The molecule has 26 heavy (non-hydrogen) atoms. The van der Waals surface area contributed by atoms with Crippen molar-refractivity contribution in [3.05, 3.63) is 48.0 Å². The maximum Gasteiger partial charge on any atom is 0.254 e. The monoisotopic (exact) mass is 352 g/mol. The fourth-order valence-corrected chi connectivity index (χ4v) is 4.49. The first-order chi connectivity index (χ1) is 12.8. The van der Waals surface area contributed by atoms with E-state index in [1.165, 1.54) is 0 Å². The number of amides is 1. The summed E-state index contributed by atoms with van der Waals surface area (Å²) in [6, 6.07) is 14.8. The number of nitrogens with zero attached hydrogens (tertiary/aromatic N) is 2. The van der Waals surface area contributed by atoms with Crippen molar-refractivity contribution in [2.24, 2.45) is 0 Å². The number of piperidine rings is 2. The smallest absolute Gasteiger partial charge is 0.254 e. The summed E-state index contributed by atoms with van der Waals surface area (Å²) in [6.45, 7) is 3.97. The summed E-state index contributed by atoms with van der Waals surface area (Å²) >= 11 is 0. The molecule has 4 rings (SSSR count). The summed E-state index contributed by atoms with van der Waals surface area (Å²) < 4.78 is 5.48. The molecule has 2 saturated heterocycles. The lowest BCUT2D eigenvalue weighted by molar-refractivity contribution is 0.0145. The van der Waals surface area contributed by atoms with E-state index < -0.39 is 0 Å². The standard InChI is InChI=1S/C22H28N2O2/c1-26-19-11-15-23(16-12-19)18-9-13-24(14-10-18)22(25)21-8-4-6-17-5-2-3-7-20(17)21/h2-8,18-19H,9-16H2,1H3. The molecule has 2 aromatic carbocycles. The van der Waals surface area contributed by atoms with Gasteiger partial charge in [-0.3, -0.25) is 4.79 Å². The van der Waals surface area contributed by atoms with E-state index in [0.717, 1.165) is 68.2 Å². The van der Waals surface area contributed by atoms with Crippen LogP contribution in [0.4, 0.5) is 0 Å². The van der Waals surface area contributed by atoms with Gasteiger partial charge in [-0.15, -0.1) is 0 Å². The van der Waals surface area contributed by atoms with E-state index in [9.17, 15) is 4.79 Å². The van der Waals surface area contributed by atoms with Crippen molar-refractivity contribution < 1.29 is 9.53 Å². The van der Waals surface area contributed by atoms with Gasteiger partial charge >= 0.3 is 0 Å². The molecule has 0 saturated carbocycles. The molecule has 0 aromatic heterocycles. The van der Waals surface area contributed by atoms with E-state index in [2.05, 4.69) is 23.1 Å². The van der Waals surface area contributed by atoms with Crippen molar-refractivity contribution in [3.8, 4) is 0 Å². The van der Waals surface area contributed by atoms with Crippen LogP contribution in [0.2, 0.25) is 0 Å². The molecule has 1 amide bonds. The number of ether oxygens (including phenoxy) is 1.